The predicted molar refractivity (Wildman–Crippen MR) is 114 cm³/mol. The molecular weight excluding hydrogens is 411 g/mol. The minimum absolute atomic E-state index is 0.0537. The SMILES string of the molecule is CCNC(=NCc1ccc(OC(C)(C)C)cc1C(F)(F)F)NC1CCN(C(N)=O)CC1. The van der Waals surface area contributed by atoms with Crippen molar-refractivity contribution in [1.29, 1.82) is 0 Å². The van der Waals surface area contributed by atoms with Crippen LogP contribution in [0, 0.1) is 0 Å². The van der Waals surface area contributed by atoms with Crippen LogP contribution in [0.25, 0.3) is 0 Å². The third kappa shape index (κ3) is 7.84. The van der Waals surface area contributed by atoms with Crippen molar-refractivity contribution in [3.05, 3.63) is 29.3 Å². The summed E-state index contributed by atoms with van der Waals surface area (Å²) >= 11 is 0. The Balaban J connectivity index is 2.15. The molecule has 4 N–H and O–H groups in total. The molecule has 1 aromatic carbocycles. The summed E-state index contributed by atoms with van der Waals surface area (Å²) < 4.78 is 46.5. The molecule has 1 fully saturated rings. The van der Waals surface area contributed by atoms with Crippen LogP contribution in [0.5, 0.6) is 5.75 Å². The van der Waals surface area contributed by atoms with E-state index in [-0.39, 0.29) is 23.9 Å². The summed E-state index contributed by atoms with van der Waals surface area (Å²) in [5, 5.41) is 6.30. The lowest BCUT2D eigenvalue weighted by molar-refractivity contribution is -0.138. The summed E-state index contributed by atoms with van der Waals surface area (Å²) in [6.07, 6.45) is -3.16. The minimum atomic E-state index is -4.52. The Bertz CT molecular complexity index is 782. The Labute approximate surface area is 181 Å². The fourth-order valence-corrected chi connectivity index (χ4v) is 3.30. The van der Waals surface area contributed by atoms with Crippen molar-refractivity contribution in [2.24, 2.45) is 10.7 Å². The lowest BCUT2D eigenvalue weighted by atomic mass is 10.1. The summed E-state index contributed by atoms with van der Waals surface area (Å²) in [4.78, 5) is 17.2. The number of amides is 2. The number of alkyl halides is 3. The Morgan fingerprint density at radius 3 is 2.42 bits per heavy atom. The number of urea groups is 1. The topological polar surface area (TPSA) is 92.0 Å². The smallest absolute Gasteiger partial charge is 0.416 e. The number of rotatable bonds is 5. The van der Waals surface area contributed by atoms with Gasteiger partial charge in [-0.05, 0) is 58.2 Å². The van der Waals surface area contributed by atoms with Gasteiger partial charge in [0.2, 0.25) is 0 Å². The van der Waals surface area contributed by atoms with Crippen LogP contribution in [0.2, 0.25) is 0 Å². The van der Waals surface area contributed by atoms with Crippen molar-refractivity contribution in [2.45, 2.75) is 64.9 Å². The molecule has 1 heterocycles. The van der Waals surface area contributed by atoms with Crippen LogP contribution < -0.4 is 21.1 Å². The molecule has 0 aromatic heterocycles. The molecule has 0 unspecified atom stereocenters. The predicted octanol–water partition coefficient (Wildman–Crippen LogP) is 3.48. The van der Waals surface area contributed by atoms with E-state index in [4.69, 9.17) is 10.5 Å². The highest BCUT2D eigenvalue weighted by atomic mass is 19.4. The number of hydrogen-bond donors (Lipinski definition) is 3. The molecule has 10 heteroatoms. The molecule has 7 nitrogen and oxygen atoms in total. The number of nitrogens with two attached hydrogens (primary N) is 1. The van der Waals surface area contributed by atoms with Gasteiger partial charge in [0.05, 0.1) is 12.1 Å². The Morgan fingerprint density at radius 2 is 1.90 bits per heavy atom. The Kier molecular flexibility index (Phi) is 8.02. The van der Waals surface area contributed by atoms with Gasteiger partial charge in [-0.2, -0.15) is 13.2 Å². The number of primary amides is 1. The van der Waals surface area contributed by atoms with Crippen LogP contribution >= 0.6 is 0 Å². The number of ether oxygens (including phenoxy) is 1. The van der Waals surface area contributed by atoms with E-state index in [2.05, 4.69) is 15.6 Å². The van der Waals surface area contributed by atoms with Crippen LogP contribution in [0.15, 0.2) is 23.2 Å². The van der Waals surface area contributed by atoms with Crippen molar-refractivity contribution >= 4 is 12.0 Å². The van der Waals surface area contributed by atoms with E-state index < -0.39 is 23.4 Å². The quantitative estimate of drug-likeness (QED) is 0.480. The summed E-state index contributed by atoms with van der Waals surface area (Å²) in [5.74, 6) is 0.599. The second-order valence-corrected chi connectivity index (χ2v) is 8.47. The summed E-state index contributed by atoms with van der Waals surface area (Å²) in [7, 11) is 0. The third-order valence-electron chi connectivity index (χ3n) is 4.71. The van der Waals surface area contributed by atoms with E-state index in [9.17, 15) is 18.0 Å². The maximum absolute atomic E-state index is 13.6. The maximum Gasteiger partial charge on any atom is 0.416 e. The number of halogens is 3. The van der Waals surface area contributed by atoms with Crippen molar-refractivity contribution in [2.75, 3.05) is 19.6 Å². The first kappa shape index (κ1) is 24.6. The first-order valence-corrected chi connectivity index (χ1v) is 10.4. The highest BCUT2D eigenvalue weighted by Gasteiger charge is 2.34. The number of aliphatic imine (C=N–C) groups is 1. The molecule has 2 amide bonds. The molecule has 0 bridgehead atoms. The maximum atomic E-state index is 13.6. The second-order valence-electron chi connectivity index (χ2n) is 8.47. The first-order valence-electron chi connectivity index (χ1n) is 10.4. The highest BCUT2D eigenvalue weighted by Crippen LogP contribution is 2.35. The van der Waals surface area contributed by atoms with Crippen molar-refractivity contribution in [3.63, 3.8) is 0 Å². The largest absolute Gasteiger partial charge is 0.488 e. The summed E-state index contributed by atoms with van der Waals surface area (Å²) in [6, 6.07) is 3.57. The van der Waals surface area contributed by atoms with Gasteiger partial charge in [-0.15, -0.1) is 0 Å². The van der Waals surface area contributed by atoms with E-state index >= 15 is 0 Å². The minimum Gasteiger partial charge on any atom is -0.488 e. The van der Waals surface area contributed by atoms with Gasteiger partial charge in [-0.1, -0.05) is 6.07 Å². The van der Waals surface area contributed by atoms with Crippen LogP contribution in [-0.2, 0) is 12.7 Å². The van der Waals surface area contributed by atoms with E-state index in [1.807, 2.05) is 6.92 Å². The van der Waals surface area contributed by atoms with Crippen LogP contribution in [0.4, 0.5) is 18.0 Å². The van der Waals surface area contributed by atoms with Crippen molar-refractivity contribution in [1.82, 2.24) is 15.5 Å². The molecular formula is C21H32F3N5O2. The average molecular weight is 444 g/mol. The average Bonchev–Trinajstić information content (AvgIpc) is 2.65. The van der Waals surface area contributed by atoms with Crippen LogP contribution in [0.1, 0.15) is 51.7 Å². The second kappa shape index (κ2) is 10.1. The lowest BCUT2D eigenvalue weighted by Crippen LogP contribution is -2.50. The van der Waals surface area contributed by atoms with Gasteiger partial charge in [-0.3, -0.25) is 0 Å². The molecule has 0 spiro atoms. The van der Waals surface area contributed by atoms with Crippen LogP contribution in [-0.4, -0.2) is 48.2 Å². The zero-order valence-electron chi connectivity index (χ0n) is 18.5. The standard InChI is InChI=1S/C21H32F3N5O2/c1-5-26-19(28-15-8-10-29(11-9-15)18(25)30)27-13-14-6-7-16(31-20(2,3)4)12-17(14)21(22,23)24/h6-7,12,15H,5,8-11,13H2,1-4H3,(H2,25,30)(H2,26,27,28). The van der Waals surface area contributed by atoms with E-state index in [0.717, 1.165) is 6.07 Å². The molecule has 1 aromatic rings. The number of carbonyl (C=O) groups excluding carboxylic acids is 1. The fraction of sp³-hybridized carbons (Fsp3) is 0.619. The molecule has 1 saturated heterocycles. The van der Waals surface area contributed by atoms with Crippen LogP contribution in [0.3, 0.4) is 0 Å². The number of nitrogens with one attached hydrogen (secondary N) is 2. The van der Waals surface area contributed by atoms with E-state index in [0.29, 0.717) is 38.4 Å². The monoisotopic (exact) mass is 443 g/mol. The van der Waals surface area contributed by atoms with Gasteiger partial charge >= 0.3 is 12.2 Å². The van der Waals surface area contributed by atoms with E-state index in [1.54, 1.807) is 25.7 Å². The molecule has 174 valence electrons. The number of nitrogens with zero attached hydrogens (tertiary/aromatic N) is 2. The van der Waals surface area contributed by atoms with Gasteiger partial charge in [0.15, 0.2) is 5.96 Å². The summed E-state index contributed by atoms with van der Waals surface area (Å²) in [5.41, 5.74) is 4.00. The normalized spacial score (nSPS) is 16.2. The summed E-state index contributed by atoms with van der Waals surface area (Å²) in [6.45, 7) is 8.70. The van der Waals surface area contributed by atoms with Gasteiger partial charge in [-0.25, -0.2) is 9.79 Å². The van der Waals surface area contributed by atoms with E-state index in [1.165, 1.54) is 12.1 Å². The molecule has 1 aliphatic heterocycles. The number of guanidine groups is 1. The number of piperidine rings is 1. The molecule has 2 rings (SSSR count). The zero-order chi connectivity index (χ0) is 23.2. The van der Waals surface area contributed by atoms with Gasteiger partial charge < -0.3 is 26.0 Å². The number of hydrogen-bond acceptors (Lipinski definition) is 3. The van der Waals surface area contributed by atoms with Gasteiger partial charge in [0, 0.05) is 25.7 Å². The highest BCUT2D eigenvalue weighted by molar-refractivity contribution is 5.80. The van der Waals surface area contributed by atoms with Gasteiger partial charge in [0.25, 0.3) is 0 Å². The van der Waals surface area contributed by atoms with Crippen molar-refractivity contribution < 1.29 is 22.7 Å². The zero-order valence-corrected chi connectivity index (χ0v) is 18.5. The number of carbonyl (C=O) groups is 1. The molecule has 31 heavy (non-hydrogen) atoms. The number of likely N-dealkylation sites (tertiary alicyclic amines) is 1. The Morgan fingerprint density at radius 1 is 1.26 bits per heavy atom. The molecule has 0 aliphatic carbocycles. The van der Waals surface area contributed by atoms with Crippen molar-refractivity contribution in [3.8, 4) is 5.75 Å². The molecule has 0 radical (unpaired) electrons. The van der Waals surface area contributed by atoms with Gasteiger partial charge in [0.1, 0.15) is 11.4 Å². The third-order valence-corrected chi connectivity index (χ3v) is 4.71. The fourth-order valence-electron chi connectivity index (χ4n) is 3.30. The Hall–Kier alpha value is -2.65. The molecule has 0 atom stereocenters. The number of benzene rings is 1. The molecule has 0 saturated carbocycles. The first-order chi connectivity index (χ1) is 14.4. The lowest BCUT2D eigenvalue weighted by Gasteiger charge is -2.32. The molecule has 1 aliphatic rings.